The van der Waals surface area contributed by atoms with Gasteiger partial charge in [-0.05, 0) is 11.6 Å². The van der Waals surface area contributed by atoms with Gasteiger partial charge in [0, 0.05) is 6.07 Å². The summed E-state index contributed by atoms with van der Waals surface area (Å²) in [6.45, 7) is 3.63. The van der Waals surface area contributed by atoms with Gasteiger partial charge in [-0.25, -0.2) is 0 Å². The standard InChI is InChI=1S/C10H7O2/c1-2-8-3-4-9-10(7-8)12-6-5-11-9/h2-6H,1H2. The Morgan fingerprint density at radius 2 is 2.08 bits per heavy atom. The van der Waals surface area contributed by atoms with Gasteiger partial charge in [-0.2, -0.15) is 0 Å². The van der Waals surface area contributed by atoms with Crippen molar-refractivity contribution < 1.29 is 9.47 Å². The molecule has 1 aromatic rings. The molecule has 1 aliphatic heterocycles. The first kappa shape index (κ1) is 6.98. The van der Waals surface area contributed by atoms with E-state index in [4.69, 9.17) is 9.47 Å². The Morgan fingerprint density at radius 3 is 2.92 bits per heavy atom. The molecule has 2 rings (SSSR count). The zero-order chi connectivity index (χ0) is 8.39. The van der Waals surface area contributed by atoms with Crippen molar-refractivity contribution in [3.05, 3.63) is 42.9 Å². The van der Waals surface area contributed by atoms with E-state index in [1.807, 2.05) is 12.1 Å². The van der Waals surface area contributed by atoms with Crippen LogP contribution in [-0.2, 0) is 0 Å². The fourth-order valence-corrected chi connectivity index (χ4v) is 0.972. The smallest absolute Gasteiger partial charge is 0.177 e. The topological polar surface area (TPSA) is 18.5 Å². The highest BCUT2D eigenvalue weighted by Crippen LogP contribution is 2.30. The molecule has 1 aromatic carbocycles. The lowest BCUT2D eigenvalue weighted by Gasteiger charge is -2.11. The first-order valence-electron chi connectivity index (χ1n) is 3.57. The van der Waals surface area contributed by atoms with E-state index in [0.717, 1.165) is 5.56 Å². The van der Waals surface area contributed by atoms with E-state index in [2.05, 4.69) is 12.6 Å². The minimum Gasteiger partial charge on any atom is -0.458 e. The Hall–Kier alpha value is -1.70. The predicted molar refractivity (Wildman–Crippen MR) is 45.8 cm³/mol. The molecule has 1 radical (unpaired) electrons. The van der Waals surface area contributed by atoms with Crippen molar-refractivity contribution in [1.29, 1.82) is 0 Å². The summed E-state index contributed by atoms with van der Waals surface area (Å²) in [5.41, 5.74) is 0.896. The van der Waals surface area contributed by atoms with Crippen molar-refractivity contribution in [3.8, 4) is 11.5 Å². The number of rotatable bonds is 1. The van der Waals surface area contributed by atoms with E-state index in [-0.39, 0.29) is 0 Å². The lowest BCUT2D eigenvalue weighted by Crippen LogP contribution is -1.96. The third kappa shape index (κ3) is 1.07. The van der Waals surface area contributed by atoms with Gasteiger partial charge in [0.05, 0.1) is 0 Å². The highest BCUT2D eigenvalue weighted by molar-refractivity contribution is 5.54. The van der Waals surface area contributed by atoms with Gasteiger partial charge < -0.3 is 9.47 Å². The van der Waals surface area contributed by atoms with Crippen molar-refractivity contribution in [2.24, 2.45) is 0 Å². The molecule has 0 atom stereocenters. The monoisotopic (exact) mass is 159 g/mol. The lowest BCUT2D eigenvalue weighted by molar-refractivity contribution is 0.361. The lowest BCUT2D eigenvalue weighted by atomic mass is 10.2. The Bertz CT molecular complexity index is 340. The number of ether oxygens (including phenoxy) is 2. The number of hydrogen-bond acceptors (Lipinski definition) is 2. The first-order chi connectivity index (χ1) is 5.90. The molecular formula is C10H7O2. The Balaban J connectivity index is 2.46. The summed E-state index contributed by atoms with van der Waals surface area (Å²) >= 11 is 0. The summed E-state index contributed by atoms with van der Waals surface area (Å²) in [5.74, 6) is 1.29. The first-order valence-corrected chi connectivity index (χ1v) is 3.57. The van der Waals surface area contributed by atoms with Crippen molar-refractivity contribution >= 4 is 6.08 Å². The van der Waals surface area contributed by atoms with Crippen LogP contribution in [-0.4, -0.2) is 0 Å². The van der Waals surface area contributed by atoms with Gasteiger partial charge in [0.25, 0.3) is 0 Å². The average Bonchev–Trinajstić information content (AvgIpc) is 2.17. The molecule has 2 heteroatoms. The van der Waals surface area contributed by atoms with Gasteiger partial charge >= 0.3 is 0 Å². The van der Waals surface area contributed by atoms with Crippen LogP contribution in [0.15, 0.2) is 31.2 Å². The zero-order valence-electron chi connectivity index (χ0n) is 6.41. The second-order valence-corrected chi connectivity index (χ2v) is 2.32. The summed E-state index contributed by atoms with van der Waals surface area (Å²) < 4.78 is 10.3. The molecule has 0 unspecified atom stereocenters. The summed E-state index contributed by atoms with van der Waals surface area (Å²) in [6.07, 6.45) is 4.68. The van der Waals surface area contributed by atoms with Crippen LogP contribution in [0.2, 0.25) is 0 Å². The number of hydrogen-bond donors (Lipinski definition) is 0. The molecule has 0 saturated heterocycles. The average molecular weight is 159 g/mol. The molecule has 2 nitrogen and oxygen atoms in total. The largest absolute Gasteiger partial charge is 0.458 e. The maximum Gasteiger partial charge on any atom is 0.177 e. The van der Waals surface area contributed by atoms with Crippen LogP contribution in [0.3, 0.4) is 0 Å². The summed E-state index contributed by atoms with van der Waals surface area (Å²) in [4.78, 5) is 0. The van der Waals surface area contributed by atoms with Crippen LogP contribution < -0.4 is 9.47 Å². The molecule has 0 bridgehead atoms. The molecule has 0 aromatic heterocycles. The molecule has 0 amide bonds. The fraction of sp³-hybridized carbons (Fsp3) is 0. The van der Waals surface area contributed by atoms with E-state index in [9.17, 15) is 0 Å². The molecule has 1 heterocycles. The normalized spacial score (nSPS) is 12.7. The van der Waals surface area contributed by atoms with Gasteiger partial charge in [0.15, 0.2) is 11.5 Å². The second kappa shape index (κ2) is 2.74. The summed E-state index contributed by atoms with van der Waals surface area (Å²) in [7, 11) is 0. The predicted octanol–water partition coefficient (Wildman–Crippen LogP) is 2.37. The quantitative estimate of drug-likeness (QED) is 0.626. The van der Waals surface area contributed by atoms with Crippen molar-refractivity contribution in [1.82, 2.24) is 0 Å². The molecule has 0 N–H and O–H groups in total. The van der Waals surface area contributed by atoms with Crippen LogP contribution in [0.5, 0.6) is 11.5 Å². The van der Waals surface area contributed by atoms with Crippen LogP contribution in [0.1, 0.15) is 5.56 Å². The van der Waals surface area contributed by atoms with Crippen LogP contribution >= 0.6 is 0 Å². The SMILES string of the molecule is C=Cc1[c]c2c(cc1)OC=CO2. The van der Waals surface area contributed by atoms with E-state index in [1.165, 1.54) is 12.5 Å². The second-order valence-electron chi connectivity index (χ2n) is 2.32. The molecule has 0 fully saturated rings. The molecule has 59 valence electrons. The van der Waals surface area contributed by atoms with Crippen molar-refractivity contribution in [3.63, 3.8) is 0 Å². The molecule has 0 saturated carbocycles. The zero-order valence-corrected chi connectivity index (χ0v) is 6.41. The number of fused-ring (bicyclic) bond motifs is 1. The van der Waals surface area contributed by atoms with Crippen LogP contribution in [0.25, 0.3) is 6.08 Å². The maximum absolute atomic E-state index is 5.16. The van der Waals surface area contributed by atoms with Gasteiger partial charge in [-0.3, -0.25) is 0 Å². The minimum absolute atomic E-state index is 0.606. The van der Waals surface area contributed by atoms with Crippen molar-refractivity contribution in [2.45, 2.75) is 0 Å². The highest BCUT2D eigenvalue weighted by atomic mass is 16.5. The third-order valence-corrected chi connectivity index (χ3v) is 1.55. The molecule has 12 heavy (non-hydrogen) atoms. The van der Waals surface area contributed by atoms with E-state index >= 15 is 0 Å². The fourth-order valence-electron chi connectivity index (χ4n) is 0.972. The van der Waals surface area contributed by atoms with Crippen LogP contribution in [0, 0.1) is 6.07 Å². The van der Waals surface area contributed by atoms with E-state index in [0.29, 0.717) is 11.5 Å². The molecule has 0 aliphatic carbocycles. The third-order valence-electron chi connectivity index (χ3n) is 1.55. The minimum atomic E-state index is 0.606. The number of benzene rings is 1. The van der Waals surface area contributed by atoms with Gasteiger partial charge in [0.2, 0.25) is 0 Å². The van der Waals surface area contributed by atoms with Gasteiger partial charge in [-0.1, -0.05) is 18.7 Å². The van der Waals surface area contributed by atoms with E-state index in [1.54, 1.807) is 6.08 Å². The van der Waals surface area contributed by atoms with Crippen LogP contribution in [0.4, 0.5) is 0 Å². The maximum atomic E-state index is 5.16. The molecule has 0 spiro atoms. The molecule has 1 aliphatic rings. The highest BCUT2D eigenvalue weighted by Gasteiger charge is 2.07. The molecular weight excluding hydrogens is 152 g/mol. The Kier molecular flexibility index (Phi) is 1.59. The van der Waals surface area contributed by atoms with Gasteiger partial charge in [0.1, 0.15) is 12.5 Å². The Labute approximate surface area is 70.7 Å². The van der Waals surface area contributed by atoms with Crippen molar-refractivity contribution in [2.75, 3.05) is 0 Å². The van der Waals surface area contributed by atoms with Gasteiger partial charge in [-0.15, -0.1) is 0 Å². The van der Waals surface area contributed by atoms with E-state index < -0.39 is 0 Å². The Morgan fingerprint density at radius 1 is 1.25 bits per heavy atom. The summed E-state index contributed by atoms with van der Waals surface area (Å²) in [6, 6.07) is 6.69. The summed E-state index contributed by atoms with van der Waals surface area (Å²) in [5, 5.41) is 0.